The van der Waals surface area contributed by atoms with Crippen LogP contribution in [0, 0.1) is 11.8 Å². The van der Waals surface area contributed by atoms with Crippen molar-refractivity contribution in [3.8, 4) is 0 Å². The molecular weight excluding hydrogens is 412 g/mol. The Labute approximate surface area is 183 Å². The van der Waals surface area contributed by atoms with Crippen LogP contribution in [-0.2, 0) is 14.8 Å². The first-order valence-corrected chi connectivity index (χ1v) is 12.8. The number of pyridine rings is 2. The number of aromatic nitrogens is 3. The molecule has 0 bridgehead atoms. The topological polar surface area (TPSA) is 88.2 Å². The summed E-state index contributed by atoms with van der Waals surface area (Å²) in [5.74, 6) is 1.25. The Balaban J connectivity index is 1.28. The first-order chi connectivity index (χ1) is 15.0. The fourth-order valence-electron chi connectivity index (χ4n) is 5.48. The highest BCUT2D eigenvalue weighted by molar-refractivity contribution is 7.89. The van der Waals surface area contributed by atoms with E-state index in [1.165, 1.54) is 10.9 Å². The maximum absolute atomic E-state index is 13.0. The smallest absolute Gasteiger partial charge is 0.214 e. The van der Waals surface area contributed by atoms with Crippen LogP contribution in [0.1, 0.15) is 43.6 Å². The lowest BCUT2D eigenvalue weighted by atomic mass is 9.78. The monoisotopic (exact) mass is 442 g/mol. The van der Waals surface area contributed by atoms with E-state index >= 15 is 0 Å². The maximum Gasteiger partial charge on any atom is 0.214 e. The van der Waals surface area contributed by atoms with Crippen molar-refractivity contribution in [2.24, 2.45) is 11.8 Å². The van der Waals surface area contributed by atoms with E-state index in [2.05, 4.69) is 21.0 Å². The Hall–Kier alpha value is -2.03. The number of ether oxygens (including phenoxy) is 1. The molecule has 2 fully saturated rings. The van der Waals surface area contributed by atoms with Crippen LogP contribution in [0.4, 0.5) is 0 Å². The van der Waals surface area contributed by atoms with Gasteiger partial charge in [0.25, 0.3) is 0 Å². The lowest BCUT2D eigenvalue weighted by Gasteiger charge is -2.30. The van der Waals surface area contributed by atoms with E-state index in [1.807, 2.05) is 24.8 Å². The second-order valence-electron chi connectivity index (χ2n) is 9.16. The third-order valence-electron chi connectivity index (χ3n) is 7.11. The molecule has 0 amide bonds. The van der Waals surface area contributed by atoms with Crippen LogP contribution in [-0.4, -0.2) is 60.2 Å². The SMILES string of the molecule is COCC1CCN(S(=O)(=O)CC2CCC(c3cncc4cnc5[nH]ccc5c34)CC2)C1. The van der Waals surface area contributed by atoms with E-state index in [0.717, 1.165) is 48.5 Å². The number of methoxy groups -OCH3 is 1. The molecular formula is C23H30N4O3S. The van der Waals surface area contributed by atoms with Crippen LogP contribution in [0.15, 0.2) is 30.9 Å². The number of H-pyrrole nitrogens is 1. The van der Waals surface area contributed by atoms with Crippen molar-refractivity contribution >= 4 is 31.8 Å². The first kappa shape index (κ1) is 20.8. The van der Waals surface area contributed by atoms with Crippen LogP contribution in [0.3, 0.4) is 0 Å². The van der Waals surface area contributed by atoms with Gasteiger partial charge in [0.1, 0.15) is 5.65 Å². The molecule has 0 spiro atoms. The molecule has 1 aliphatic heterocycles. The van der Waals surface area contributed by atoms with Crippen molar-refractivity contribution in [1.29, 1.82) is 0 Å². The summed E-state index contributed by atoms with van der Waals surface area (Å²) >= 11 is 0. The molecule has 0 radical (unpaired) electrons. The summed E-state index contributed by atoms with van der Waals surface area (Å²) in [6, 6.07) is 2.08. The van der Waals surface area contributed by atoms with Crippen molar-refractivity contribution in [3.05, 3.63) is 36.4 Å². The van der Waals surface area contributed by atoms with Crippen molar-refractivity contribution in [3.63, 3.8) is 0 Å². The largest absolute Gasteiger partial charge is 0.384 e. The van der Waals surface area contributed by atoms with Crippen molar-refractivity contribution in [2.75, 3.05) is 32.6 Å². The zero-order valence-electron chi connectivity index (χ0n) is 18.0. The van der Waals surface area contributed by atoms with Gasteiger partial charge in [-0.05, 0) is 61.5 Å². The lowest BCUT2D eigenvalue weighted by Crippen LogP contribution is -2.34. The lowest BCUT2D eigenvalue weighted by molar-refractivity contribution is 0.157. The number of sulfonamides is 1. The number of nitrogens with one attached hydrogen (secondary N) is 1. The normalized spacial score (nSPS) is 25.5. The van der Waals surface area contributed by atoms with Gasteiger partial charge in [-0.3, -0.25) is 4.98 Å². The molecule has 1 aliphatic carbocycles. The standard InChI is InChI=1S/C23H30N4O3S/c1-30-14-17-7-9-27(13-17)31(28,29)15-16-2-4-18(5-3-16)21-12-24-10-19-11-26-23-20(22(19)21)6-8-25-23/h6,8,10-12,16-18H,2-5,7,9,13-15H2,1H3,(H,25,26). The van der Waals surface area contributed by atoms with Gasteiger partial charge in [-0.15, -0.1) is 0 Å². The number of aromatic amines is 1. The molecule has 7 nitrogen and oxygen atoms in total. The number of rotatable bonds is 6. The predicted molar refractivity (Wildman–Crippen MR) is 121 cm³/mol. The van der Waals surface area contributed by atoms with E-state index in [4.69, 9.17) is 4.74 Å². The summed E-state index contributed by atoms with van der Waals surface area (Å²) in [7, 11) is -1.52. The van der Waals surface area contributed by atoms with Crippen LogP contribution in [0.2, 0.25) is 0 Å². The molecule has 1 atom stereocenters. The molecule has 166 valence electrons. The van der Waals surface area contributed by atoms with E-state index in [9.17, 15) is 8.42 Å². The number of hydrogen-bond donors (Lipinski definition) is 1. The highest BCUT2D eigenvalue weighted by Gasteiger charge is 2.34. The molecule has 2 aliphatic rings. The van der Waals surface area contributed by atoms with Crippen molar-refractivity contribution in [1.82, 2.24) is 19.3 Å². The summed E-state index contributed by atoms with van der Waals surface area (Å²) in [6.07, 6.45) is 12.5. The Bertz CT molecular complexity index is 1170. The second kappa shape index (κ2) is 8.48. The Morgan fingerprint density at radius 1 is 1.13 bits per heavy atom. The molecule has 4 heterocycles. The maximum atomic E-state index is 13.0. The van der Waals surface area contributed by atoms with Crippen LogP contribution >= 0.6 is 0 Å². The summed E-state index contributed by atoms with van der Waals surface area (Å²) < 4.78 is 32.8. The molecule has 5 rings (SSSR count). The van der Waals surface area contributed by atoms with Gasteiger partial charge in [0, 0.05) is 61.1 Å². The molecule has 8 heteroatoms. The highest BCUT2D eigenvalue weighted by atomic mass is 32.2. The molecule has 1 unspecified atom stereocenters. The zero-order chi connectivity index (χ0) is 21.4. The number of fused-ring (bicyclic) bond motifs is 3. The fourth-order valence-corrected chi connectivity index (χ4v) is 7.44. The Morgan fingerprint density at radius 2 is 1.97 bits per heavy atom. The quantitative estimate of drug-likeness (QED) is 0.629. The van der Waals surface area contributed by atoms with E-state index < -0.39 is 10.0 Å². The fraction of sp³-hybridized carbons (Fsp3) is 0.565. The molecule has 1 N–H and O–H groups in total. The minimum absolute atomic E-state index is 0.236. The van der Waals surface area contributed by atoms with Gasteiger partial charge in [-0.25, -0.2) is 17.7 Å². The van der Waals surface area contributed by atoms with Gasteiger partial charge in [0.15, 0.2) is 0 Å². The van der Waals surface area contributed by atoms with Crippen molar-refractivity contribution in [2.45, 2.75) is 38.0 Å². The second-order valence-corrected chi connectivity index (χ2v) is 11.2. The molecule has 3 aromatic heterocycles. The number of hydrogen-bond acceptors (Lipinski definition) is 5. The third-order valence-corrected chi connectivity index (χ3v) is 9.12. The van der Waals surface area contributed by atoms with Gasteiger partial charge in [-0.1, -0.05) is 0 Å². The van der Waals surface area contributed by atoms with Crippen LogP contribution in [0.5, 0.6) is 0 Å². The number of nitrogens with zero attached hydrogens (tertiary/aromatic N) is 3. The average molecular weight is 443 g/mol. The third kappa shape index (κ3) is 4.08. The summed E-state index contributed by atoms with van der Waals surface area (Å²) in [4.78, 5) is 12.2. The predicted octanol–water partition coefficient (Wildman–Crippen LogP) is 3.68. The summed E-state index contributed by atoms with van der Waals surface area (Å²) in [5, 5.41) is 3.44. The molecule has 1 saturated carbocycles. The van der Waals surface area contributed by atoms with Crippen LogP contribution < -0.4 is 0 Å². The minimum Gasteiger partial charge on any atom is -0.384 e. The molecule has 0 aromatic carbocycles. The van der Waals surface area contributed by atoms with Gasteiger partial charge in [-0.2, -0.15) is 0 Å². The van der Waals surface area contributed by atoms with Gasteiger partial charge >= 0.3 is 0 Å². The summed E-state index contributed by atoms with van der Waals surface area (Å²) in [6.45, 7) is 1.88. The minimum atomic E-state index is -3.20. The van der Waals surface area contributed by atoms with Crippen molar-refractivity contribution < 1.29 is 13.2 Å². The average Bonchev–Trinajstić information content (AvgIpc) is 3.44. The Morgan fingerprint density at radius 3 is 2.77 bits per heavy atom. The van der Waals surface area contributed by atoms with E-state index in [1.54, 1.807) is 11.4 Å². The molecule has 31 heavy (non-hydrogen) atoms. The molecule has 1 saturated heterocycles. The van der Waals surface area contributed by atoms with E-state index in [-0.39, 0.29) is 11.7 Å². The first-order valence-electron chi connectivity index (χ1n) is 11.2. The van der Waals surface area contributed by atoms with Crippen LogP contribution in [0.25, 0.3) is 21.8 Å². The highest BCUT2D eigenvalue weighted by Crippen LogP contribution is 2.40. The summed E-state index contributed by atoms with van der Waals surface area (Å²) in [5.41, 5.74) is 2.17. The Kier molecular flexibility index (Phi) is 5.71. The molecule has 3 aromatic rings. The zero-order valence-corrected chi connectivity index (χ0v) is 18.8. The van der Waals surface area contributed by atoms with E-state index in [0.29, 0.717) is 31.5 Å². The van der Waals surface area contributed by atoms with Gasteiger partial charge in [0.05, 0.1) is 12.4 Å². The van der Waals surface area contributed by atoms with Gasteiger partial charge < -0.3 is 9.72 Å². The van der Waals surface area contributed by atoms with Gasteiger partial charge in [0.2, 0.25) is 10.0 Å².